The Kier molecular flexibility index (Phi) is 3.03. The summed E-state index contributed by atoms with van der Waals surface area (Å²) < 4.78 is 2.25. The highest BCUT2D eigenvalue weighted by atomic mass is 32.2. The first-order valence-corrected chi connectivity index (χ1v) is 7.96. The van der Waals surface area contributed by atoms with Crippen molar-refractivity contribution in [2.45, 2.75) is 29.8 Å². The van der Waals surface area contributed by atoms with Crippen LogP contribution < -0.4 is 5.73 Å². The average molecular weight is 297 g/mol. The Morgan fingerprint density at radius 2 is 2.10 bits per heavy atom. The molecule has 0 amide bonds. The number of rotatable bonds is 4. The second-order valence-corrected chi connectivity index (χ2v) is 6.12. The molecule has 106 valence electrons. The van der Waals surface area contributed by atoms with Gasteiger partial charge in [0.2, 0.25) is 0 Å². The Balaban J connectivity index is 1.58. The quantitative estimate of drug-likeness (QED) is 0.750. The molecular weight excluding hydrogens is 282 g/mol. The normalized spacial score (nSPS) is 14.7. The number of nitrogens with zero attached hydrogens (tertiary/aromatic N) is 4. The van der Waals surface area contributed by atoms with E-state index in [4.69, 9.17) is 5.73 Å². The van der Waals surface area contributed by atoms with Crippen molar-refractivity contribution in [3.05, 3.63) is 42.5 Å². The van der Waals surface area contributed by atoms with Crippen molar-refractivity contribution in [1.82, 2.24) is 19.5 Å². The molecule has 1 aliphatic carbocycles. The van der Waals surface area contributed by atoms with Crippen molar-refractivity contribution in [3.8, 4) is 0 Å². The number of imidazole rings is 1. The van der Waals surface area contributed by atoms with Crippen LogP contribution in [-0.4, -0.2) is 19.5 Å². The van der Waals surface area contributed by atoms with E-state index >= 15 is 0 Å². The fraction of sp³-hybridized carbons (Fsp3) is 0.267. The van der Waals surface area contributed by atoms with Gasteiger partial charge in [-0.3, -0.25) is 0 Å². The van der Waals surface area contributed by atoms with Gasteiger partial charge in [0.25, 0.3) is 0 Å². The number of anilines is 1. The van der Waals surface area contributed by atoms with Crippen LogP contribution >= 0.6 is 11.8 Å². The third-order valence-electron chi connectivity index (χ3n) is 3.58. The summed E-state index contributed by atoms with van der Waals surface area (Å²) in [6, 6.07) is 8.46. The lowest BCUT2D eigenvalue weighted by Gasteiger charge is -2.06. The lowest BCUT2D eigenvalue weighted by atomic mass is 10.2. The number of para-hydroxylation sites is 1. The largest absolute Gasteiger partial charge is 0.383 e. The summed E-state index contributed by atoms with van der Waals surface area (Å²) in [6.07, 6.45) is 6.42. The summed E-state index contributed by atoms with van der Waals surface area (Å²) in [5, 5.41) is 1.94. The van der Waals surface area contributed by atoms with E-state index in [2.05, 4.69) is 25.7 Å². The van der Waals surface area contributed by atoms with E-state index in [9.17, 15) is 0 Å². The molecule has 0 saturated heterocycles. The van der Waals surface area contributed by atoms with Crippen LogP contribution in [0.1, 0.15) is 24.7 Å². The topological polar surface area (TPSA) is 69.6 Å². The van der Waals surface area contributed by atoms with Crippen LogP contribution in [-0.2, 0) is 5.75 Å². The van der Waals surface area contributed by atoms with Crippen molar-refractivity contribution < 1.29 is 0 Å². The molecule has 0 atom stereocenters. The predicted molar refractivity (Wildman–Crippen MR) is 84.0 cm³/mol. The zero-order chi connectivity index (χ0) is 14.2. The molecule has 0 radical (unpaired) electrons. The third-order valence-corrected chi connectivity index (χ3v) is 4.56. The molecule has 2 aromatic heterocycles. The molecule has 0 spiro atoms. The highest BCUT2D eigenvalue weighted by molar-refractivity contribution is 7.98. The Morgan fingerprint density at radius 1 is 1.24 bits per heavy atom. The molecule has 1 aromatic carbocycles. The number of fused-ring (bicyclic) bond motifs is 1. The molecule has 4 rings (SSSR count). The highest BCUT2D eigenvalue weighted by Gasteiger charge is 2.25. The zero-order valence-corrected chi connectivity index (χ0v) is 12.3. The highest BCUT2D eigenvalue weighted by Crippen LogP contribution is 2.38. The minimum absolute atomic E-state index is 0.543. The van der Waals surface area contributed by atoms with Gasteiger partial charge in [-0.05, 0) is 25.0 Å². The smallest absolute Gasteiger partial charge is 0.168 e. The van der Waals surface area contributed by atoms with Crippen molar-refractivity contribution in [2.75, 3.05) is 5.73 Å². The van der Waals surface area contributed by atoms with Crippen molar-refractivity contribution in [2.24, 2.45) is 0 Å². The zero-order valence-electron chi connectivity index (χ0n) is 11.4. The summed E-state index contributed by atoms with van der Waals surface area (Å²) in [6.45, 7) is 0. The van der Waals surface area contributed by atoms with Crippen molar-refractivity contribution in [1.29, 1.82) is 0 Å². The number of hydrogen-bond acceptors (Lipinski definition) is 5. The van der Waals surface area contributed by atoms with E-state index < -0.39 is 0 Å². The van der Waals surface area contributed by atoms with Gasteiger partial charge >= 0.3 is 0 Å². The van der Waals surface area contributed by atoms with Gasteiger partial charge in [-0.1, -0.05) is 23.9 Å². The van der Waals surface area contributed by atoms with Gasteiger partial charge in [0.15, 0.2) is 5.16 Å². The van der Waals surface area contributed by atoms with Gasteiger partial charge in [0, 0.05) is 23.8 Å². The SMILES string of the molecule is Nc1nc(CSc2nccn2C2CC2)nc2ccccc12. The number of nitrogens with two attached hydrogens (primary N) is 1. The van der Waals surface area contributed by atoms with Crippen LogP contribution in [0.25, 0.3) is 10.9 Å². The molecule has 2 N–H and O–H groups in total. The molecule has 6 heteroatoms. The number of aromatic nitrogens is 4. The van der Waals surface area contributed by atoms with E-state index in [0.717, 1.165) is 21.9 Å². The second-order valence-electron chi connectivity index (χ2n) is 5.18. The Bertz CT molecular complexity index is 794. The van der Waals surface area contributed by atoms with E-state index in [0.29, 0.717) is 17.6 Å². The number of thioether (sulfide) groups is 1. The number of benzene rings is 1. The van der Waals surface area contributed by atoms with Gasteiger partial charge in [0.05, 0.1) is 11.3 Å². The van der Waals surface area contributed by atoms with Crippen LogP contribution in [0.15, 0.2) is 41.8 Å². The molecule has 0 aliphatic heterocycles. The Labute approximate surface area is 126 Å². The van der Waals surface area contributed by atoms with Crippen LogP contribution in [0.5, 0.6) is 0 Å². The molecule has 2 heterocycles. The maximum absolute atomic E-state index is 6.01. The molecule has 1 aliphatic rings. The van der Waals surface area contributed by atoms with E-state index in [1.807, 2.05) is 30.5 Å². The fourth-order valence-electron chi connectivity index (χ4n) is 2.39. The van der Waals surface area contributed by atoms with Crippen LogP contribution in [0.2, 0.25) is 0 Å². The monoisotopic (exact) mass is 297 g/mol. The first-order valence-electron chi connectivity index (χ1n) is 6.98. The van der Waals surface area contributed by atoms with E-state index in [1.54, 1.807) is 11.8 Å². The minimum Gasteiger partial charge on any atom is -0.383 e. The number of nitrogen functional groups attached to an aromatic ring is 1. The number of hydrogen-bond donors (Lipinski definition) is 1. The van der Waals surface area contributed by atoms with Crippen LogP contribution in [0.3, 0.4) is 0 Å². The van der Waals surface area contributed by atoms with Gasteiger partial charge in [-0.25, -0.2) is 15.0 Å². The lowest BCUT2D eigenvalue weighted by molar-refractivity contribution is 0.662. The molecule has 1 saturated carbocycles. The fourth-order valence-corrected chi connectivity index (χ4v) is 3.27. The molecule has 0 bridgehead atoms. The summed E-state index contributed by atoms with van der Waals surface area (Å²) in [4.78, 5) is 13.4. The second kappa shape index (κ2) is 5.04. The third kappa shape index (κ3) is 2.47. The summed E-state index contributed by atoms with van der Waals surface area (Å²) in [7, 11) is 0. The van der Waals surface area contributed by atoms with Gasteiger partial charge in [-0.2, -0.15) is 0 Å². The molecule has 3 aromatic rings. The molecule has 1 fully saturated rings. The maximum atomic E-state index is 6.01. The van der Waals surface area contributed by atoms with Crippen LogP contribution in [0.4, 0.5) is 5.82 Å². The average Bonchev–Trinajstić information content (AvgIpc) is 3.24. The molecule has 21 heavy (non-hydrogen) atoms. The van der Waals surface area contributed by atoms with Gasteiger partial charge < -0.3 is 10.3 Å². The Morgan fingerprint density at radius 3 is 2.95 bits per heavy atom. The van der Waals surface area contributed by atoms with Gasteiger partial charge in [0.1, 0.15) is 11.6 Å². The predicted octanol–water partition coefficient (Wildman–Crippen LogP) is 3.04. The van der Waals surface area contributed by atoms with Crippen molar-refractivity contribution >= 4 is 28.5 Å². The maximum Gasteiger partial charge on any atom is 0.168 e. The lowest BCUT2D eigenvalue weighted by Crippen LogP contribution is -2.01. The summed E-state index contributed by atoms with van der Waals surface area (Å²) in [5.74, 6) is 1.97. The first-order chi connectivity index (χ1) is 10.3. The summed E-state index contributed by atoms with van der Waals surface area (Å²) >= 11 is 1.66. The summed E-state index contributed by atoms with van der Waals surface area (Å²) in [5.41, 5.74) is 6.91. The van der Waals surface area contributed by atoms with Crippen LogP contribution in [0, 0.1) is 0 Å². The van der Waals surface area contributed by atoms with E-state index in [-0.39, 0.29) is 0 Å². The van der Waals surface area contributed by atoms with Gasteiger partial charge in [-0.15, -0.1) is 0 Å². The molecular formula is C15H15N5S. The molecule has 5 nitrogen and oxygen atoms in total. The first kappa shape index (κ1) is 12.6. The Hall–Kier alpha value is -2.08. The molecule has 0 unspecified atom stereocenters. The minimum atomic E-state index is 0.543. The van der Waals surface area contributed by atoms with E-state index in [1.165, 1.54) is 12.8 Å². The standard InChI is InChI=1S/C15H15N5S/c16-14-11-3-1-2-4-12(11)18-13(19-14)9-21-15-17-7-8-20(15)10-5-6-10/h1-4,7-8,10H,5-6,9H2,(H2,16,18,19). The van der Waals surface area contributed by atoms with Crippen molar-refractivity contribution in [3.63, 3.8) is 0 Å².